The van der Waals surface area contributed by atoms with Crippen LogP contribution in [0, 0.1) is 5.82 Å². The Hall–Kier alpha value is -2.43. The molecule has 0 saturated heterocycles. The van der Waals surface area contributed by atoms with Crippen molar-refractivity contribution in [1.82, 2.24) is 15.2 Å². The summed E-state index contributed by atoms with van der Waals surface area (Å²) in [5.74, 6) is -0.970. The molecule has 3 rings (SSSR count). The summed E-state index contributed by atoms with van der Waals surface area (Å²) in [6.45, 7) is 1.95. The molecule has 0 fully saturated rings. The van der Waals surface area contributed by atoms with Crippen LogP contribution in [-0.2, 0) is 6.42 Å². The van der Waals surface area contributed by atoms with E-state index in [2.05, 4.69) is 15.2 Å². The van der Waals surface area contributed by atoms with Crippen molar-refractivity contribution < 1.29 is 9.50 Å². The van der Waals surface area contributed by atoms with Gasteiger partial charge in [-0.3, -0.25) is 10.1 Å². The van der Waals surface area contributed by atoms with E-state index >= 15 is 0 Å². The summed E-state index contributed by atoms with van der Waals surface area (Å²) in [7, 11) is 0. The molecule has 0 aliphatic heterocycles. The maximum absolute atomic E-state index is 13.5. The normalized spacial score (nSPS) is 11.1. The fourth-order valence-corrected chi connectivity index (χ4v) is 2.12. The van der Waals surface area contributed by atoms with Gasteiger partial charge < -0.3 is 5.11 Å². The Kier molecular flexibility index (Phi) is 2.67. The quantitative estimate of drug-likeness (QED) is 0.741. The van der Waals surface area contributed by atoms with Gasteiger partial charge in [-0.05, 0) is 30.2 Å². The summed E-state index contributed by atoms with van der Waals surface area (Å²) in [4.78, 5) is 4.32. The minimum atomic E-state index is -0.640. The Bertz CT molecular complexity index is 752. The number of phenols is 1. The van der Waals surface area contributed by atoms with Gasteiger partial charge in [0.25, 0.3) is 0 Å². The highest BCUT2D eigenvalue weighted by Gasteiger charge is 2.11. The fourth-order valence-electron chi connectivity index (χ4n) is 2.12. The zero-order valence-corrected chi connectivity index (χ0v) is 10.3. The number of pyridine rings is 1. The third kappa shape index (κ3) is 1.93. The average Bonchev–Trinajstić information content (AvgIpc) is 2.88. The molecule has 0 saturated carbocycles. The number of nitrogens with zero attached hydrogens (tertiary/aromatic N) is 2. The van der Waals surface area contributed by atoms with Gasteiger partial charge in [0.1, 0.15) is 0 Å². The smallest absolute Gasteiger partial charge is 0.165 e. The van der Waals surface area contributed by atoms with Crippen molar-refractivity contribution in [2.45, 2.75) is 13.3 Å². The van der Waals surface area contributed by atoms with Gasteiger partial charge in [0.05, 0.1) is 17.4 Å². The van der Waals surface area contributed by atoms with Gasteiger partial charge in [-0.15, -0.1) is 0 Å². The Morgan fingerprint density at radius 3 is 2.89 bits per heavy atom. The van der Waals surface area contributed by atoms with Crippen LogP contribution in [0.2, 0.25) is 0 Å². The van der Waals surface area contributed by atoms with E-state index in [1.165, 1.54) is 12.1 Å². The van der Waals surface area contributed by atoms with Gasteiger partial charge in [-0.2, -0.15) is 5.10 Å². The molecular formula is C14H12FN3O. The second-order valence-electron chi connectivity index (χ2n) is 4.34. The van der Waals surface area contributed by atoms with E-state index in [1.54, 1.807) is 12.4 Å². The highest BCUT2D eigenvalue weighted by Crippen LogP contribution is 2.29. The molecule has 0 aliphatic carbocycles. The first kappa shape index (κ1) is 11.6. The van der Waals surface area contributed by atoms with E-state index < -0.39 is 5.82 Å². The molecule has 5 heteroatoms. The molecule has 0 amide bonds. The fraction of sp³-hybridized carbons (Fsp3) is 0.143. The minimum absolute atomic E-state index is 0.330. The van der Waals surface area contributed by atoms with Crippen molar-refractivity contribution in [3.8, 4) is 17.0 Å². The summed E-state index contributed by atoms with van der Waals surface area (Å²) in [6.07, 6.45) is 4.06. The van der Waals surface area contributed by atoms with Crippen molar-refractivity contribution in [3.05, 3.63) is 42.0 Å². The number of hydrogen-bond donors (Lipinski definition) is 2. The van der Waals surface area contributed by atoms with Gasteiger partial charge in [0.2, 0.25) is 0 Å². The SMILES string of the molecule is CCc1cc(O)c(F)cc1-c1cc2[nH]ncc2cn1. The topological polar surface area (TPSA) is 61.8 Å². The van der Waals surface area contributed by atoms with E-state index in [0.717, 1.165) is 16.5 Å². The van der Waals surface area contributed by atoms with Gasteiger partial charge >= 0.3 is 0 Å². The first-order valence-corrected chi connectivity index (χ1v) is 6.00. The molecule has 0 atom stereocenters. The van der Waals surface area contributed by atoms with Crippen molar-refractivity contribution in [2.75, 3.05) is 0 Å². The maximum atomic E-state index is 13.5. The molecule has 2 heterocycles. The maximum Gasteiger partial charge on any atom is 0.165 e. The lowest BCUT2D eigenvalue weighted by atomic mass is 10.0. The van der Waals surface area contributed by atoms with Crippen LogP contribution < -0.4 is 0 Å². The lowest BCUT2D eigenvalue weighted by Gasteiger charge is -2.09. The number of halogens is 1. The first-order valence-electron chi connectivity index (χ1n) is 6.00. The van der Waals surface area contributed by atoms with Crippen molar-refractivity contribution in [2.24, 2.45) is 0 Å². The third-order valence-corrected chi connectivity index (χ3v) is 3.15. The van der Waals surface area contributed by atoms with Crippen LogP contribution in [0.4, 0.5) is 4.39 Å². The van der Waals surface area contributed by atoms with Gasteiger partial charge in [-0.25, -0.2) is 4.39 Å². The summed E-state index contributed by atoms with van der Waals surface area (Å²) >= 11 is 0. The van der Waals surface area contributed by atoms with Gasteiger partial charge in [0, 0.05) is 17.1 Å². The van der Waals surface area contributed by atoms with Crippen LogP contribution in [0.1, 0.15) is 12.5 Å². The van der Waals surface area contributed by atoms with E-state index in [9.17, 15) is 9.50 Å². The Balaban J connectivity index is 2.22. The zero-order valence-electron chi connectivity index (χ0n) is 10.3. The molecule has 19 heavy (non-hydrogen) atoms. The summed E-state index contributed by atoms with van der Waals surface area (Å²) in [6, 6.07) is 4.59. The van der Waals surface area contributed by atoms with E-state index in [1.807, 2.05) is 13.0 Å². The number of rotatable bonds is 2. The molecular weight excluding hydrogens is 245 g/mol. The second kappa shape index (κ2) is 4.35. The molecule has 0 spiro atoms. The number of aromatic amines is 1. The number of benzene rings is 1. The van der Waals surface area contributed by atoms with Gasteiger partial charge in [0.15, 0.2) is 11.6 Å². The number of aromatic hydroxyl groups is 1. The predicted molar refractivity (Wildman–Crippen MR) is 70.3 cm³/mol. The van der Waals surface area contributed by atoms with Crippen LogP contribution in [0.25, 0.3) is 22.2 Å². The summed E-state index contributed by atoms with van der Waals surface area (Å²) in [5.41, 5.74) is 3.05. The van der Waals surface area contributed by atoms with Crippen LogP contribution in [0.15, 0.2) is 30.6 Å². The standard InChI is InChI=1S/C14H12FN3O/c1-2-8-3-14(19)11(15)4-10(8)13-5-12-9(6-16-13)7-17-18-12/h3-7,19H,2H2,1H3,(H,17,18). The number of phenolic OH excluding ortho intramolecular Hbond substituents is 1. The monoisotopic (exact) mass is 257 g/mol. The molecule has 0 radical (unpaired) electrons. The Morgan fingerprint density at radius 2 is 2.11 bits per heavy atom. The highest BCUT2D eigenvalue weighted by molar-refractivity contribution is 5.81. The first-order chi connectivity index (χ1) is 9.19. The number of aryl methyl sites for hydroxylation is 1. The Morgan fingerprint density at radius 1 is 1.26 bits per heavy atom. The lowest BCUT2D eigenvalue weighted by molar-refractivity contribution is 0.432. The van der Waals surface area contributed by atoms with Crippen molar-refractivity contribution in [1.29, 1.82) is 0 Å². The third-order valence-electron chi connectivity index (χ3n) is 3.15. The molecule has 4 nitrogen and oxygen atoms in total. The predicted octanol–water partition coefficient (Wildman–Crippen LogP) is 3.03. The largest absolute Gasteiger partial charge is 0.505 e. The summed E-state index contributed by atoms with van der Waals surface area (Å²) < 4.78 is 13.5. The molecule has 1 aromatic carbocycles. The minimum Gasteiger partial charge on any atom is -0.505 e. The number of H-pyrrole nitrogens is 1. The zero-order chi connectivity index (χ0) is 13.4. The molecule has 96 valence electrons. The average molecular weight is 257 g/mol. The Labute approximate surface area is 108 Å². The van der Waals surface area contributed by atoms with Crippen LogP contribution >= 0.6 is 0 Å². The van der Waals surface area contributed by atoms with Crippen molar-refractivity contribution >= 4 is 10.9 Å². The number of fused-ring (bicyclic) bond motifs is 1. The van der Waals surface area contributed by atoms with Crippen LogP contribution in [-0.4, -0.2) is 20.3 Å². The molecule has 0 bridgehead atoms. The number of hydrogen-bond acceptors (Lipinski definition) is 3. The van der Waals surface area contributed by atoms with E-state index in [0.29, 0.717) is 17.7 Å². The second-order valence-corrected chi connectivity index (χ2v) is 4.34. The van der Waals surface area contributed by atoms with E-state index in [4.69, 9.17) is 0 Å². The van der Waals surface area contributed by atoms with Gasteiger partial charge in [-0.1, -0.05) is 6.92 Å². The summed E-state index contributed by atoms with van der Waals surface area (Å²) in [5, 5.41) is 17.1. The van der Waals surface area contributed by atoms with Crippen LogP contribution in [0.5, 0.6) is 5.75 Å². The number of aromatic nitrogens is 3. The molecule has 0 unspecified atom stereocenters. The molecule has 2 N–H and O–H groups in total. The molecule has 3 aromatic rings. The van der Waals surface area contributed by atoms with Crippen molar-refractivity contribution in [3.63, 3.8) is 0 Å². The molecule has 2 aromatic heterocycles. The van der Waals surface area contributed by atoms with E-state index in [-0.39, 0.29) is 5.75 Å². The highest BCUT2D eigenvalue weighted by atomic mass is 19.1. The van der Waals surface area contributed by atoms with Crippen LogP contribution in [0.3, 0.4) is 0 Å². The lowest BCUT2D eigenvalue weighted by Crippen LogP contribution is -1.92. The number of nitrogens with one attached hydrogen (secondary N) is 1. The molecule has 0 aliphatic rings.